The number of nitrogens with one attached hydrogen (secondary N) is 1. The van der Waals surface area contributed by atoms with E-state index in [9.17, 15) is 14.9 Å². The van der Waals surface area contributed by atoms with E-state index in [0.717, 1.165) is 0 Å². The topological polar surface area (TPSA) is 84.7 Å². The number of methoxy groups -OCH3 is 1. The van der Waals surface area contributed by atoms with E-state index in [0.29, 0.717) is 24.4 Å². The molecule has 0 aliphatic carbocycles. The van der Waals surface area contributed by atoms with Crippen LogP contribution in [0.15, 0.2) is 18.2 Å². The van der Waals surface area contributed by atoms with Crippen molar-refractivity contribution in [2.24, 2.45) is 0 Å². The second kappa shape index (κ2) is 7.58. The summed E-state index contributed by atoms with van der Waals surface area (Å²) < 4.78 is 5.06. The van der Waals surface area contributed by atoms with Crippen molar-refractivity contribution in [2.75, 3.05) is 32.6 Å². The van der Waals surface area contributed by atoms with Gasteiger partial charge in [0.2, 0.25) is 0 Å². The largest absolute Gasteiger partial charge is 0.383 e. The van der Waals surface area contributed by atoms with E-state index in [2.05, 4.69) is 5.32 Å². The van der Waals surface area contributed by atoms with E-state index < -0.39 is 4.92 Å². The molecule has 21 heavy (non-hydrogen) atoms. The molecule has 1 aromatic rings. The van der Waals surface area contributed by atoms with Gasteiger partial charge >= 0.3 is 0 Å². The highest BCUT2D eigenvalue weighted by molar-refractivity contribution is 5.96. The first-order valence-corrected chi connectivity index (χ1v) is 6.72. The molecule has 0 saturated heterocycles. The summed E-state index contributed by atoms with van der Waals surface area (Å²) in [6.45, 7) is 4.66. The first-order chi connectivity index (χ1) is 9.96. The number of hydrogen-bond donors (Lipinski definition) is 1. The molecule has 1 aromatic carbocycles. The highest BCUT2D eigenvalue weighted by Gasteiger charge is 2.23. The van der Waals surface area contributed by atoms with Gasteiger partial charge in [0.1, 0.15) is 5.69 Å². The summed E-state index contributed by atoms with van der Waals surface area (Å²) in [4.78, 5) is 24.7. The van der Waals surface area contributed by atoms with Crippen molar-refractivity contribution in [3.05, 3.63) is 33.9 Å². The molecule has 0 radical (unpaired) electrons. The third kappa shape index (κ3) is 3.91. The van der Waals surface area contributed by atoms with E-state index in [1.165, 1.54) is 6.07 Å². The summed E-state index contributed by atoms with van der Waals surface area (Å²) in [5.41, 5.74) is 0.564. The van der Waals surface area contributed by atoms with Crippen LogP contribution in [0.2, 0.25) is 0 Å². The number of carbonyl (C=O) groups excluding carboxylic acids is 1. The first-order valence-electron chi connectivity index (χ1n) is 6.72. The molecule has 1 rings (SSSR count). The van der Waals surface area contributed by atoms with Crippen LogP contribution < -0.4 is 5.32 Å². The Hall–Kier alpha value is -2.15. The predicted molar refractivity (Wildman–Crippen MR) is 80.7 cm³/mol. The molecule has 0 aromatic heterocycles. The number of nitrogens with zero attached hydrogens (tertiary/aromatic N) is 2. The van der Waals surface area contributed by atoms with Crippen LogP contribution in [0.3, 0.4) is 0 Å². The number of benzene rings is 1. The average Bonchev–Trinajstić information content (AvgIpc) is 2.47. The molecule has 1 amide bonds. The zero-order valence-electron chi connectivity index (χ0n) is 12.8. The van der Waals surface area contributed by atoms with Crippen LogP contribution in [0.5, 0.6) is 0 Å². The Morgan fingerprint density at radius 2 is 2.19 bits per heavy atom. The van der Waals surface area contributed by atoms with Crippen LogP contribution in [0.1, 0.15) is 24.2 Å². The highest BCUT2D eigenvalue weighted by atomic mass is 16.6. The van der Waals surface area contributed by atoms with Gasteiger partial charge in [0.15, 0.2) is 0 Å². The number of nitro benzene ring substituents is 1. The molecule has 1 atom stereocenters. The van der Waals surface area contributed by atoms with Gasteiger partial charge in [0.25, 0.3) is 11.6 Å². The molecule has 7 nitrogen and oxygen atoms in total. The number of rotatable bonds is 7. The number of anilines is 1. The molecule has 0 aliphatic rings. The molecule has 0 spiro atoms. The molecule has 1 unspecified atom stereocenters. The Bertz CT molecular complexity index is 519. The van der Waals surface area contributed by atoms with Crippen molar-refractivity contribution in [3.8, 4) is 0 Å². The number of amides is 1. The SMILES string of the molecule is CCN(C(=O)c1ccc(NC)c([N+](=O)[O-])c1)C(C)COC. The maximum absolute atomic E-state index is 12.5. The minimum absolute atomic E-state index is 0.101. The summed E-state index contributed by atoms with van der Waals surface area (Å²) in [6, 6.07) is 4.33. The molecule has 0 heterocycles. The van der Waals surface area contributed by atoms with Gasteiger partial charge in [-0.25, -0.2) is 0 Å². The number of nitro groups is 1. The van der Waals surface area contributed by atoms with Gasteiger partial charge in [-0.2, -0.15) is 0 Å². The number of likely N-dealkylation sites (N-methyl/N-ethyl adjacent to an activating group) is 1. The van der Waals surface area contributed by atoms with Gasteiger partial charge < -0.3 is 15.0 Å². The van der Waals surface area contributed by atoms with Crippen LogP contribution >= 0.6 is 0 Å². The Morgan fingerprint density at radius 1 is 1.52 bits per heavy atom. The quantitative estimate of drug-likeness (QED) is 0.615. The fourth-order valence-corrected chi connectivity index (χ4v) is 2.18. The van der Waals surface area contributed by atoms with Crippen molar-refractivity contribution >= 4 is 17.3 Å². The first kappa shape index (κ1) is 16.9. The van der Waals surface area contributed by atoms with Gasteiger partial charge in [-0.3, -0.25) is 14.9 Å². The summed E-state index contributed by atoms with van der Waals surface area (Å²) in [5, 5.41) is 13.8. The van der Waals surface area contributed by atoms with E-state index >= 15 is 0 Å². The summed E-state index contributed by atoms with van der Waals surface area (Å²) in [7, 11) is 3.17. The lowest BCUT2D eigenvalue weighted by Gasteiger charge is -2.27. The van der Waals surface area contributed by atoms with Crippen molar-refractivity contribution in [3.63, 3.8) is 0 Å². The van der Waals surface area contributed by atoms with Crippen molar-refractivity contribution in [2.45, 2.75) is 19.9 Å². The lowest BCUT2D eigenvalue weighted by molar-refractivity contribution is -0.384. The fourth-order valence-electron chi connectivity index (χ4n) is 2.18. The van der Waals surface area contributed by atoms with Crippen molar-refractivity contribution in [1.29, 1.82) is 0 Å². The monoisotopic (exact) mass is 295 g/mol. The van der Waals surface area contributed by atoms with Crippen LogP contribution in [0.4, 0.5) is 11.4 Å². The molecular weight excluding hydrogens is 274 g/mol. The highest BCUT2D eigenvalue weighted by Crippen LogP contribution is 2.25. The summed E-state index contributed by atoms with van der Waals surface area (Å²) in [5.74, 6) is -0.243. The molecule has 0 bridgehead atoms. The lowest BCUT2D eigenvalue weighted by atomic mass is 10.1. The normalized spacial score (nSPS) is 11.8. The van der Waals surface area contributed by atoms with Gasteiger partial charge in [-0.1, -0.05) is 0 Å². The van der Waals surface area contributed by atoms with E-state index in [4.69, 9.17) is 4.74 Å². The number of carbonyl (C=O) groups is 1. The molecule has 116 valence electrons. The standard InChI is InChI=1S/C14H21N3O4/c1-5-16(10(2)9-21-4)14(18)11-6-7-12(15-3)13(8-11)17(19)20/h6-8,10,15H,5,9H2,1-4H3. The number of hydrogen-bond acceptors (Lipinski definition) is 5. The third-order valence-corrected chi connectivity index (χ3v) is 3.25. The predicted octanol–water partition coefficient (Wildman–Crippen LogP) is 2.13. The Labute approximate surface area is 124 Å². The summed E-state index contributed by atoms with van der Waals surface area (Å²) in [6.07, 6.45) is 0. The van der Waals surface area contributed by atoms with Crippen molar-refractivity contribution in [1.82, 2.24) is 4.90 Å². The second-order valence-electron chi connectivity index (χ2n) is 4.63. The zero-order valence-corrected chi connectivity index (χ0v) is 12.8. The van der Waals surface area contributed by atoms with E-state index in [1.807, 2.05) is 13.8 Å². The lowest BCUT2D eigenvalue weighted by Crippen LogP contribution is -2.40. The van der Waals surface area contributed by atoms with Crippen LogP contribution in [-0.2, 0) is 4.74 Å². The van der Waals surface area contributed by atoms with Crippen LogP contribution in [-0.4, -0.2) is 49.1 Å². The summed E-state index contributed by atoms with van der Waals surface area (Å²) >= 11 is 0. The molecule has 1 N–H and O–H groups in total. The third-order valence-electron chi connectivity index (χ3n) is 3.25. The molecule has 0 aliphatic heterocycles. The second-order valence-corrected chi connectivity index (χ2v) is 4.63. The molecule has 0 fully saturated rings. The fraction of sp³-hybridized carbons (Fsp3) is 0.500. The van der Waals surface area contributed by atoms with Gasteiger partial charge in [0, 0.05) is 32.3 Å². The Balaban J connectivity index is 3.11. The van der Waals surface area contributed by atoms with Gasteiger partial charge in [0.05, 0.1) is 17.6 Å². The maximum atomic E-state index is 12.5. The average molecular weight is 295 g/mol. The van der Waals surface area contributed by atoms with Crippen LogP contribution in [0, 0.1) is 10.1 Å². The Morgan fingerprint density at radius 3 is 2.67 bits per heavy atom. The molecule has 7 heteroatoms. The Kier molecular flexibility index (Phi) is 6.10. The van der Waals surface area contributed by atoms with Crippen molar-refractivity contribution < 1.29 is 14.5 Å². The molecule has 0 saturated carbocycles. The zero-order chi connectivity index (χ0) is 16.0. The van der Waals surface area contributed by atoms with E-state index in [-0.39, 0.29) is 17.6 Å². The minimum atomic E-state index is -0.502. The van der Waals surface area contributed by atoms with Gasteiger partial charge in [-0.15, -0.1) is 0 Å². The molecular formula is C14H21N3O4. The smallest absolute Gasteiger partial charge is 0.293 e. The number of ether oxygens (including phenoxy) is 1. The van der Waals surface area contributed by atoms with Gasteiger partial charge in [-0.05, 0) is 26.0 Å². The van der Waals surface area contributed by atoms with Crippen LogP contribution in [0.25, 0.3) is 0 Å². The maximum Gasteiger partial charge on any atom is 0.293 e. The minimum Gasteiger partial charge on any atom is -0.383 e. The van der Waals surface area contributed by atoms with E-state index in [1.54, 1.807) is 31.2 Å².